The number of amidine groups is 1. The number of carbonyl (C=O) groups excluding carboxylic acids is 1. The first-order valence-electron chi connectivity index (χ1n) is 5.85. The number of amides is 1. The minimum absolute atomic E-state index is 0.307. The molecule has 0 saturated carbocycles. The van der Waals surface area contributed by atoms with Gasteiger partial charge in [-0.3, -0.25) is 4.79 Å². The molecular weight excluding hydrogens is 260 g/mol. The zero-order valence-electron chi connectivity index (χ0n) is 10.6. The largest absolute Gasteiger partial charge is 0.493 e. The van der Waals surface area contributed by atoms with Crippen LogP contribution in [0, 0.1) is 0 Å². The smallest absolute Gasteiger partial charge is 0.280 e. The van der Waals surface area contributed by atoms with E-state index in [1.165, 1.54) is 11.8 Å². The van der Waals surface area contributed by atoms with Crippen LogP contribution in [-0.4, -0.2) is 29.1 Å². The van der Waals surface area contributed by atoms with Crippen LogP contribution in [0.2, 0.25) is 0 Å². The molecule has 1 amide bonds. The van der Waals surface area contributed by atoms with E-state index >= 15 is 0 Å². The normalized spacial score (nSPS) is 15.0. The van der Waals surface area contributed by atoms with Crippen molar-refractivity contribution in [1.29, 1.82) is 0 Å². The molecule has 0 spiro atoms. The summed E-state index contributed by atoms with van der Waals surface area (Å²) >= 11 is 1.40. The Bertz CT molecular complexity index is 550. The van der Waals surface area contributed by atoms with Crippen LogP contribution in [0.5, 0.6) is 5.75 Å². The highest BCUT2D eigenvalue weighted by molar-refractivity contribution is 8.13. The van der Waals surface area contributed by atoms with Crippen molar-refractivity contribution in [3.05, 3.63) is 42.5 Å². The first-order chi connectivity index (χ1) is 9.16. The molecule has 1 aromatic carbocycles. The van der Waals surface area contributed by atoms with Gasteiger partial charge in [-0.25, -0.2) is 4.99 Å². The Morgan fingerprint density at radius 2 is 2.00 bits per heavy atom. The summed E-state index contributed by atoms with van der Waals surface area (Å²) in [5.74, 6) is 1.21. The first-order valence-corrected chi connectivity index (χ1v) is 6.83. The van der Waals surface area contributed by atoms with Crippen molar-refractivity contribution in [1.82, 2.24) is 0 Å². The zero-order valence-corrected chi connectivity index (χ0v) is 11.4. The lowest BCUT2D eigenvalue weighted by molar-refractivity contribution is -0.113. The van der Waals surface area contributed by atoms with Crippen LogP contribution in [-0.2, 0) is 4.79 Å². The molecule has 1 aliphatic heterocycles. The minimum atomic E-state index is -0.307. The summed E-state index contributed by atoms with van der Waals surface area (Å²) in [6, 6.07) is 9.59. The van der Waals surface area contributed by atoms with Crippen molar-refractivity contribution in [2.75, 3.05) is 12.4 Å². The second-order valence-electron chi connectivity index (χ2n) is 3.89. The van der Waals surface area contributed by atoms with Crippen molar-refractivity contribution < 1.29 is 9.53 Å². The second kappa shape index (κ2) is 6.33. The van der Waals surface area contributed by atoms with Crippen molar-refractivity contribution in [2.24, 2.45) is 9.98 Å². The molecule has 19 heavy (non-hydrogen) atoms. The molecule has 0 unspecified atom stereocenters. The molecule has 0 aromatic heterocycles. The molecule has 0 aliphatic carbocycles. The number of hydrogen-bond acceptors (Lipinski definition) is 4. The molecule has 0 fully saturated rings. The van der Waals surface area contributed by atoms with E-state index in [-0.39, 0.29) is 5.91 Å². The van der Waals surface area contributed by atoms with Crippen molar-refractivity contribution in [3.8, 4) is 5.75 Å². The highest BCUT2D eigenvalue weighted by Crippen LogP contribution is 2.15. The quantitative estimate of drug-likeness (QED) is 0.626. The number of benzene rings is 1. The maximum absolute atomic E-state index is 11.5. The van der Waals surface area contributed by atoms with Crippen LogP contribution >= 0.6 is 11.8 Å². The van der Waals surface area contributed by atoms with E-state index in [2.05, 4.69) is 16.6 Å². The molecule has 0 radical (unpaired) electrons. The Hall–Kier alpha value is -1.88. The van der Waals surface area contributed by atoms with Crippen LogP contribution in [0.4, 0.5) is 0 Å². The number of carbonyl (C=O) groups is 1. The summed E-state index contributed by atoms with van der Waals surface area (Å²) < 4.78 is 5.55. The van der Waals surface area contributed by atoms with Gasteiger partial charge in [0, 0.05) is 5.75 Å². The van der Waals surface area contributed by atoms with Gasteiger partial charge in [-0.15, -0.1) is 0 Å². The lowest BCUT2D eigenvalue weighted by Crippen LogP contribution is -2.15. The van der Waals surface area contributed by atoms with E-state index in [0.717, 1.165) is 5.75 Å². The monoisotopic (exact) mass is 274 g/mol. The van der Waals surface area contributed by atoms with Gasteiger partial charge >= 0.3 is 0 Å². The van der Waals surface area contributed by atoms with E-state index in [0.29, 0.717) is 28.8 Å². The highest BCUT2D eigenvalue weighted by Gasteiger charge is 2.16. The summed E-state index contributed by atoms with van der Waals surface area (Å²) in [5, 5.41) is 0.478. The summed E-state index contributed by atoms with van der Waals surface area (Å²) in [6.45, 7) is 5.92. The van der Waals surface area contributed by atoms with E-state index in [9.17, 15) is 4.79 Å². The number of ether oxygens (including phenoxy) is 1. The van der Waals surface area contributed by atoms with E-state index in [1.807, 2.05) is 30.3 Å². The molecule has 1 aromatic rings. The molecule has 0 N–H and O–H groups in total. The minimum Gasteiger partial charge on any atom is -0.493 e. The van der Waals surface area contributed by atoms with Crippen LogP contribution in [0.25, 0.3) is 0 Å². The zero-order chi connectivity index (χ0) is 13.7. The van der Waals surface area contributed by atoms with Gasteiger partial charge in [0.1, 0.15) is 5.75 Å². The summed E-state index contributed by atoms with van der Waals surface area (Å²) in [7, 11) is 0. The fourth-order valence-corrected chi connectivity index (χ4v) is 2.12. The Labute approximate surface area is 116 Å². The molecular formula is C14H14N2O2S. The highest BCUT2D eigenvalue weighted by atomic mass is 32.2. The van der Waals surface area contributed by atoms with Crippen LogP contribution in [0.1, 0.15) is 6.92 Å². The molecule has 2 rings (SSSR count). The predicted octanol–water partition coefficient (Wildman–Crippen LogP) is 2.71. The van der Waals surface area contributed by atoms with Gasteiger partial charge in [-0.05, 0) is 19.1 Å². The maximum atomic E-state index is 11.5. The van der Waals surface area contributed by atoms with Crippen molar-refractivity contribution in [3.63, 3.8) is 0 Å². The standard InChI is InChI=1S/C14H14N2O2S/c1-10-11(2)15-14(16-13(10)17)19-9-8-18-12-6-4-3-5-7-12/h3-7H,1,8-9H2,2H3. The number of thioether (sulfide) groups is 1. The van der Waals surface area contributed by atoms with Gasteiger partial charge in [0.2, 0.25) is 0 Å². The van der Waals surface area contributed by atoms with E-state index < -0.39 is 0 Å². The number of nitrogens with zero attached hydrogens (tertiary/aromatic N) is 2. The van der Waals surface area contributed by atoms with Crippen LogP contribution < -0.4 is 4.74 Å². The number of hydrogen-bond donors (Lipinski definition) is 0. The topological polar surface area (TPSA) is 51.0 Å². The van der Waals surface area contributed by atoms with Crippen molar-refractivity contribution >= 4 is 28.5 Å². The van der Waals surface area contributed by atoms with Crippen molar-refractivity contribution in [2.45, 2.75) is 6.92 Å². The lowest BCUT2D eigenvalue weighted by Gasteiger charge is -2.10. The molecule has 98 valence electrons. The summed E-state index contributed by atoms with van der Waals surface area (Å²) in [4.78, 5) is 19.5. The van der Waals surface area contributed by atoms with Gasteiger partial charge in [0.15, 0.2) is 5.17 Å². The predicted molar refractivity (Wildman–Crippen MR) is 79.1 cm³/mol. The third-order valence-electron chi connectivity index (χ3n) is 2.48. The SMILES string of the molecule is C=C1C(=O)N=C(SCCOc2ccccc2)N=C1C. The van der Waals surface area contributed by atoms with Gasteiger partial charge in [0.05, 0.1) is 17.9 Å². The third kappa shape index (κ3) is 3.79. The molecule has 0 atom stereocenters. The van der Waals surface area contributed by atoms with Crippen LogP contribution in [0.3, 0.4) is 0 Å². The maximum Gasteiger partial charge on any atom is 0.280 e. The Morgan fingerprint density at radius 3 is 2.68 bits per heavy atom. The second-order valence-corrected chi connectivity index (χ2v) is 4.95. The van der Waals surface area contributed by atoms with E-state index in [4.69, 9.17) is 4.74 Å². The fraction of sp³-hybridized carbons (Fsp3) is 0.214. The van der Waals surface area contributed by atoms with Gasteiger partial charge in [-0.1, -0.05) is 36.5 Å². The first kappa shape index (κ1) is 13.5. The molecule has 0 bridgehead atoms. The molecule has 4 nitrogen and oxygen atoms in total. The fourth-order valence-electron chi connectivity index (χ4n) is 1.42. The average molecular weight is 274 g/mol. The summed E-state index contributed by atoms with van der Waals surface area (Å²) in [5.41, 5.74) is 0.997. The lowest BCUT2D eigenvalue weighted by atomic mass is 10.2. The molecule has 1 heterocycles. The Morgan fingerprint density at radius 1 is 1.26 bits per heavy atom. The van der Waals surface area contributed by atoms with Crippen LogP contribution in [0.15, 0.2) is 52.5 Å². The average Bonchev–Trinajstić information content (AvgIpc) is 2.42. The number of aliphatic imine (C=N–C) groups is 2. The third-order valence-corrected chi connectivity index (χ3v) is 3.29. The van der Waals surface area contributed by atoms with Gasteiger partial charge in [0.25, 0.3) is 5.91 Å². The summed E-state index contributed by atoms with van der Waals surface area (Å²) in [6.07, 6.45) is 0. The Kier molecular flexibility index (Phi) is 4.52. The Balaban J connectivity index is 1.79. The van der Waals surface area contributed by atoms with Gasteiger partial charge in [-0.2, -0.15) is 4.99 Å². The number of rotatable bonds is 4. The van der Waals surface area contributed by atoms with E-state index in [1.54, 1.807) is 6.92 Å². The molecule has 1 aliphatic rings. The molecule has 0 saturated heterocycles. The number of para-hydroxylation sites is 1. The van der Waals surface area contributed by atoms with Gasteiger partial charge < -0.3 is 4.74 Å². The molecule has 5 heteroatoms.